The van der Waals surface area contributed by atoms with Crippen molar-refractivity contribution in [2.24, 2.45) is 0 Å². The average Bonchev–Trinajstić information content (AvgIpc) is 3.40. The van der Waals surface area contributed by atoms with Crippen LogP contribution in [0.5, 0.6) is 5.75 Å². The lowest BCUT2D eigenvalue weighted by Crippen LogP contribution is -2.29. The van der Waals surface area contributed by atoms with Crippen molar-refractivity contribution in [3.8, 4) is 11.4 Å². The third-order valence-corrected chi connectivity index (χ3v) is 7.00. The molecule has 0 bridgehead atoms. The topological polar surface area (TPSA) is 79.6 Å². The molecule has 1 aliphatic rings. The zero-order valence-corrected chi connectivity index (χ0v) is 21.7. The summed E-state index contributed by atoms with van der Waals surface area (Å²) in [6, 6.07) is 22.7. The van der Waals surface area contributed by atoms with Crippen molar-refractivity contribution >= 4 is 29.0 Å². The molecule has 8 heteroatoms. The number of nitrogens with one attached hydrogen (secondary N) is 1. The summed E-state index contributed by atoms with van der Waals surface area (Å²) in [5.74, 6) is -0.131. The Kier molecular flexibility index (Phi) is 6.67. The van der Waals surface area contributed by atoms with Gasteiger partial charge in [0.25, 0.3) is 0 Å². The Morgan fingerprint density at radius 2 is 1.76 bits per heavy atom. The van der Waals surface area contributed by atoms with Crippen molar-refractivity contribution in [2.45, 2.75) is 32.9 Å². The minimum absolute atomic E-state index is 0.154. The molecule has 4 aromatic rings. The predicted molar refractivity (Wildman–Crippen MR) is 148 cm³/mol. The molecule has 0 amide bonds. The minimum atomic E-state index is -0.942. The number of nitrogens with zero attached hydrogens (tertiary/aromatic N) is 3. The molecular formula is C29H28N4O3S. The minimum Gasteiger partial charge on any atom is -0.494 e. The van der Waals surface area contributed by atoms with Crippen LogP contribution in [0.15, 0.2) is 79.0 Å². The Balaban J connectivity index is 1.62. The van der Waals surface area contributed by atoms with E-state index in [0.29, 0.717) is 11.7 Å². The number of thiocarbonyl (C=S) groups is 1. The maximum atomic E-state index is 11.3. The molecule has 2 atom stereocenters. The van der Waals surface area contributed by atoms with Gasteiger partial charge in [0.15, 0.2) is 5.11 Å². The fourth-order valence-electron chi connectivity index (χ4n) is 5.06. The SMILES string of the molecule is CCOc1ccc(N2C(=S)N[C@@H](c3ccccn3)[C@@H]2c2cc(C)n(-c3ccc(C(=O)O)cc3)c2C)cc1. The van der Waals surface area contributed by atoms with Gasteiger partial charge in [-0.2, -0.15) is 0 Å². The summed E-state index contributed by atoms with van der Waals surface area (Å²) in [5.41, 5.74) is 6.22. The van der Waals surface area contributed by atoms with Crippen LogP contribution in [0, 0.1) is 13.8 Å². The van der Waals surface area contributed by atoms with E-state index >= 15 is 0 Å². The molecule has 1 aliphatic heterocycles. The number of carbonyl (C=O) groups is 1. The fourth-order valence-corrected chi connectivity index (χ4v) is 5.40. The lowest BCUT2D eigenvalue weighted by Gasteiger charge is -2.28. The molecule has 7 nitrogen and oxygen atoms in total. The highest BCUT2D eigenvalue weighted by Gasteiger charge is 2.42. The molecule has 2 N–H and O–H groups in total. The Morgan fingerprint density at radius 3 is 2.38 bits per heavy atom. The van der Waals surface area contributed by atoms with Gasteiger partial charge in [-0.05, 0) is 105 Å². The maximum Gasteiger partial charge on any atom is 0.335 e. The van der Waals surface area contributed by atoms with Crippen LogP contribution in [0.25, 0.3) is 5.69 Å². The van der Waals surface area contributed by atoms with Crippen LogP contribution in [0.2, 0.25) is 0 Å². The highest BCUT2D eigenvalue weighted by Crippen LogP contribution is 2.44. The van der Waals surface area contributed by atoms with Gasteiger partial charge < -0.3 is 24.6 Å². The number of aromatic carboxylic acids is 1. The van der Waals surface area contributed by atoms with E-state index in [4.69, 9.17) is 17.0 Å². The molecule has 2 aromatic heterocycles. The number of hydrogen-bond donors (Lipinski definition) is 2. The van der Waals surface area contributed by atoms with E-state index in [2.05, 4.69) is 39.7 Å². The zero-order chi connectivity index (χ0) is 26.1. The smallest absolute Gasteiger partial charge is 0.335 e. The second kappa shape index (κ2) is 10.1. The largest absolute Gasteiger partial charge is 0.494 e. The van der Waals surface area contributed by atoms with Gasteiger partial charge in [-0.3, -0.25) is 4.98 Å². The molecule has 1 saturated heterocycles. The van der Waals surface area contributed by atoms with Crippen LogP contribution >= 0.6 is 12.2 Å². The number of carboxylic acid groups (broad SMARTS) is 1. The quantitative estimate of drug-likeness (QED) is 0.305. The van der Waals surface area contributed by atoms with Gasteiger partial charge in [-0.25, -0.2) is 4.79 Å². The molecule has 2 aromatic carbocycles. The van der Waals surface area contributed by atoms with Crippen molar-refractivity contribution < 1.29 is 14.6 Å². The number of pyridine rings is 1. The first-order valence-corrected chi connectivity index (χ1v) is 12.6. The number of hydrogen-bond acceptors (Lipinski definition) is 4. The first-order valence-electron chi connectivity index (χ1n) is 12.1. The maximum absolute atomic E-state index is 11.3. The van der Waals surface area contributed by atoms with E-state index in [-0.39, 0.29) is 17.6 Å². The Morgan fingerprint density at radius 1 is 1.05 bits per heavy atom. The molecule has 5 rings (SSSR count). The highest BCUT2D eigenvalue weighted by atomic mass is 32.1. The van der Waals surface area contributed by atoms with Gasteiger partial charge in [-0.15, -0.1) is 0 Å². The van der Waals surface area contributed by atoms with Crippen LogP contribution in [0.1, 0.15) is 52.0 Å². The summed E-state index contributed by atoms with van der Waals surface area (Å²) in [5, 5.41) is 13.4. The van der Waals surface area contributed by atoms with E-state index in [1.807, 2.05) is 61.5 Å². The van der Waals surface area contributed by atoms with Gasteiger partial charge in [0.05, 0.1) is 29.9 Å². The molecule has 0 radical (unpaired) electrons. The Hall–Kier alpha value is -4.17. The number of carboxylic acids is 1. The van der Waals surface area contributed by atoms with Crippen LogP contribution in [-0.2, 0) is 0 Å². The summed E-state index contributed by atoms with van der Waals surface area (Å²) < 4.78 is 7.79. The van der Waals surface area contributed by atoms with Gasteiger partial charge in [-0.1, -0.05) is 6.07 Å². The second-order valence-electron chi connectivity index (χ2n) is 8.94. The monoisotopic (exact) mass is 512 g/mol. The highest BCUT2D eigenvalue weighted by molar-refractivity contribution is 7.80. The summed E-state index contributed by atoms with van der Waals surface area (Å²) in [6.07, 6.45) is 1.80. The van der Waals surface area contributed by atoms with E-state index in [9.17, 15) is 9.90 Å². The Labute approximate surface area is 221 Å². The molecule has 0 spiro atoms. The Bertz CT molecular complexity index is 1430. The number of rotatable bonds is 7. The molecule has 3 heterocycles. The number of aromatic nitrogens is 2. The normalized spacial score (nSPS) is 17.1. The first-order chi connectivity index (χ1) is 17.9. The van der Waals surface area contributed by atoms with E-state index in [1.165, 1.54) is 0 Å². The first kappa shape index (κ1) is 24.5. The van der Waals surface area contributed by atoms with Gasteiger partial charge in [0, 0.05) is 29.0 Å². The number of benzene rings is 2. The molecule has 188 valence electrons. The predicted octanol–water partition coefficient (Wildman–Crippen LogP) is 5.76. The number of ether oxygens (including phenoxy) is 1. The average molecular weight is 513 g/mol. The van der Waals surface area contributed by atoms with Crippen LogP contribution < -0.4 is 15.0 Å². The van der Waals surface area contributed by atoms with Crippen molar-refractivity contribution in [1.29, 1.82) is 0 Å². The summed E-state index contributed by atoms with van der Waals surface area (Å²) in [6.45, 7) is 6.71. The zero-order valence-electron chi connectivity index (χ0n) is 20.9. The standard InChI is InChI=1S/C29H28N4O3S/c1-4-36-23-14-12-22(13-15-23)33-27(26(31-29(33)37)25-7-5-6-16-30-25)24-17-18(2)32(19(24)3)21-10-8-20(9-11-21)28(34)35/h5-17,26-27H,4H2,1-3H3,(H,31,37)(H,34,35)/t26-,27-/m0/s1. The summed E-state index contributed by atoms with van der Waals surface area (Å²) in [7, 11) is 0. The van der Waals surface area contributed by atoms with Gasteiger partial charge >= 0.3 is 5.97 Å². The van der Waals surface area contributed by atoms with E-state index in [0.717, 1.165) is 39.8 Å². The van der Waals surface area contributed by atoms with Crippen molar-refractivity contribution in [3.05, 3.63) is 107 Å². The summed E-state index contributed by atoms with van der Waals surface area (Å²) >= 11 is 5.87. The van der Waals surface area contributed by atoms with Crippen LogP contribution in [-0.4, -0.2) is 32.3 Å². The molecule has 37 heavy (non-hydrogen) atoms. The molecule has 0 saturated carbocycles. The van der Waals surface area contributed by atoms with Crippen molar-refractivity contribution in [2.75, 3.05) is 11.5 Å². The van der Waals surface area contributed by atoms with Crippen LogP contribution in [0.3, 0.4) is 0 Å². The van der Waals surface area contributed by atoms with Gasteiger partial charge in [0.1, 0.15) is 5.75 Å². The molecule has 0 aliphatic carbocycles. The lowest BCUT2D eigenvalue weighted by atomic mass is 9.96. The van der Waals surface area contributed by atoms with Crippen molar-refractivity contribution in [3.63, 3.8) is 0 Å². The van der Waals surface area contributed by atoms with Crippen LogP contribution in [0.4, 0.5) is 5.69 Å². The van der Waals surface area contributed by atoms with Gasteiger partial charge in [0.2, 0.25) is 0 Å². The fraction of sp³-hybridized carbons (Fsp3) is 0.207. The van der Waals surface area contributed by atoms with Crippen molar-refractivity contribution in [1.82, 2.24) is 14.9 Å². The number of aryl methyl sites for hydroxylation is 1. The second-order valence-corrected chi connectivity index (χ2v) is 9.32. The third-order valence-electron chi connectivity index (χ3n) is 6.69. The summed E-state index contributed by atoms with van der Waals surface area (Å²) in [4.78, 5) is 18.1. The van der Waals surface area contributed by atoms with E-state index in [1.54, 1.807) is 18.3 Å². The molecular weight excluding hydrogens is 484 g/mol. The number of anilines is 1. The molecule has 0 unspecified atom stereocenters. The molecule has 1 fully saturated rings. The van der Waals surface area contributed by atoms with E-state index < -0.39 is 5.97 Å². The third kappa shape index (κ3) is 4.56. The lowest BCUT2D eigenvalue weighted by molar-refractivity contribution is 0.0697.